The molecule has 0 bridgehead atoms. The van der Waals surface area contributed by atoms with Crippen LogP contribution in [0.5, 0.6) is 11.5 Å². The SMILES string of the molecule is COc1ccc(Cc2nnnn2CCc2ccccc2)c(OC)c1. The van der Waals surface area contributed by atoms with Gasteiger partial charge in [0, 0.05) is 24.6 Å². The number of ether oxygens (including phenoxy) is 2. The zero-order chi connectivity index (χ0) is 16.8. The largest absolute Gasteiger partial charge is 0.497 e. The molecule has 0 amide bonds. The summed E-state index contributed by atoms with van der Waals surface area (Å²) in [5.41, 5.74) is 2.29. The van der Waals surface area contributed by atoms with Crippen molar-refractivity contribution in [3.8, 4) is 11.5 Å². The minimum atomic E-state index is 0.606. The Bertz CT molecular complexity index is 787. The van der Waals surface area contributed by atoms with E-state index >= 15 is 0 Å². The molecule has 0 unspecified atom stereocenters. The van der Waals surface area contributed by atoms with Crippen LogP contribution in [0.25, 0.3) is 0 Å². The van der Waals surface area contributed by atoms with Gasteiger partial charge < -0.3 is 9.47 Å². The Morgan fingerprint density at radius 3 is 2.58 bits per heavy atom. The number of hydrogen-bond donors (Lipinski definition) is 0. The van der Waals surface area contributed by atoms with Gasteiger partial charge in [-0.25, -0.2) is 4.68 Å². The molecule has 6 nitrogen and oxygen atoms in total. The van der Waals surface area contributed by atoms with Crippen molar-refractivity contribution in [2.24, 2.45) is 0 Å². The lowest BCUT2D eigenvalue weighted by Gasteiger charge is -2.10. The summed E-state index contributed by atoms with van der Waals surface area (Å²) in [4.78, 5) is 0. The monoisotopic (exact) mass is 324 g/mol. The first-order valence-corrected chi connectivity index (χ1v) is 7.80. The Labute approximate surface area is 141 Å². The van der Waals surface area contributed by atoms with E-state index in [4.69, 9.17) is 9.47 Å². The van der Waals surface area contributed by atoms with E-state index in [-0.39, 0.29) is 0 Å². The molecule has 24 heavy (non-hydrogen) atoms. The fourth-order valence-electron chi connectivity index (χ4n) is 2.57. The molecule has 124 valence electrons. The molecule has 0 radical (unpaired) electrons. The highest BCUT2D eigenvalue weighted by Gasteiger charge is 2.12. The average Bonchev–Trinajstić information content (AvgIpc) is 3.08. The number of nitrogens with zero attached hydrogens (tertiary/aromatic N) is 4. The van der Waals surface area contributed by atoms with Crippen molar-refractivity contribution in [3.05, 3.63) is 65.5 Å². The summed E-state index contributed by atoms with van der Waals surface area (Å²) in [5.74, 6) is 2.35. The molecule has 1 heterocycles. The first-order chi connectivity index (χ1) is 11.8. The summed E-state index contributed by atoms with van der Waals surface area (Å²) in [7, 11) is 3.29. The topological polar surface area (TPSA) is 62.1 Å². The quantitative estimate of drug-likeness (QED) is 0.668. The molecule has 0 aliphatic carbocycles. The summed E-state index contributed by atoms with van der Waals surface area (Å²) in [6.45, 7) is 0.741. The minimum absolute atomic E-state index is 0.606. The van der Waals surface area contributed by atoms with Gasteiger partial charge in [-0.1, -0.05) is 36.4 Å². The maximum absolute atomic E-state index is 5.45. The molecule has 0 N–H and O–H groups in total. The van der Waals surface area contributed by atoms with Crippen molar-refractivity contribution in [1.29, 1.82) is 0 Å². The van der Waals surface area contributed by atoms with Crippen molar-refractivity contribution in [1.82, 2.24) is 20.2 Å². The number of benzene rings is 2. The van der Waals surface area contributed by atoms with E-state index in [0.717, 1.165) is 35.9 Å². The maximum Gasteiger partial charge on any atom is 0.155 e. The fraction of sp³-hybridized carbons (Fsp3) is 0.278. The van der Waals surface area contributed by atoms with Gasteiger partial charge in [0.1, 0.15) is 11.5 Å². The summed E-state index contributed by atoms with van der Waals surface area (Å²) in [6.07, 6.45) is 1.49. The van der Waals surface area contributed by atoms with E-state index in [9.17, 15) is 0 Å². The first kappa shape index (κ1) is 16.0. The van der Waals surface area contributed by atoms with Crippen LogP contribution < -0.4 is 9.47 Å². The number of aryl methyl sites for hydroxylation is 2. The van der Waals surface area contributed by atoms with Crippen molar-refractivity contribution >= 4 is 0 Å². The number of methoxy groups -OCH3 is 2. The molecule has 0 spiro atoms. The van der Waals surface area contributed by atoms with Crippen molar-refractivity contribution in [3.63, 3.8) is 0 Å². The second-order valence-corrected chi connectivity index (χ2v) is 5.41. The molecule has 0 saturated carbocycles. The summed E-state index contributed by atoms with van der Waals surface area (Å²) < 4.78 is 12.5. The van der Waals surface area contributed by atoms with Gasteiger partial charge in [-0.15, -0.1) is 5.10 Å². The predicted octanol–water partition coefficient (Wildman–Crippen LogP) is 2.52. The molecule has 0 atom stereocenters. The van der Waals surface area contributed by atoms with Crippen LogP contribution in [0.15, 0.2) is 48.5 Å². The third-order valence-electron chi connectivity index (χ3n) is 3.90. The lowest BCUT2D eigenvalue weighted by molar-refractivity contribution is 0.391. The third kappa shape index (κ3) is 3.71. The number of hydrogen-bond acceptors (Lipinski definition) is 5. The van der Waals surface area contributed by atoms with Gasteiger partial charge in [-0.2, -0.15) is 0 Å². The number of tetrazole rings is 1. The Kier molecular flexibility index (Phi) is 5.05. The second kappa shape index (κ2) is 7.59. The smallest absolute Gasteiger partial charge is 0.155 e. The molecule has 3 aromatic rings. The van der Waals surface area contributed by atoms with Gasteiger partial charge >= 0.3 is 0 Å². The molecule has 3 rings (SSSR count). The van der Waals surface area contributed by atoms with Crippen LogP contribution in [0, 0.1) is 0 Å². The molecular formula is C18H20N4O2. The summed E-state index contributed by atoms with van der Waals surface area (Å²) >= 11 is 0. The Morgan fingerprint density at radius 2 is 1.83 bits per heavy atom. The predicted molar refractivity (Wildman–Crippen MR) is 90.3 cm³/mol. The highest BCUT2D eigenvalue weighted by atomic mass is 16.5. The Hall–Kier alpha value is -2.89. The highest BCUT2D eigenvalue weighted by molar-refractivity contribution is 5.42. The zero-order valence-electron chi connectivity index (χ0n) is 13.8. The Balaban J connectivity index is 1.74. The fourth-order valence-corrected chi connectivity index (χ4v) is 2.57. The molecular weight excluding hydrogens is 304 g/mol. The number of aromatic nitrogens is 4. The highest BCUT2D eigenvalue weighted by Crippen LogP contribution is 2.26. The van der Waals surface area contributed by atoms with E-state index in [1.165, 1.54) is 5.56 Å². The second-order valence-electron chi connectivity index (χ2n) is 5.41. The van der Waals surface area contributed by atoms with Crippen LogP contribution >= 0.6 is 0 Å². The third-order valence-corrected chi connectivity index (χ3v) is 3.90. The first-order valence-electron chi connectivity index (χ1n) is 7.80. The molecule has 2 aromatic carbocycles. The number of rotatable bonds is 7. The lowest BCUT2D eigenvalue weighted by Crippen LogP contribution is -2.09. The van der Waals surface area contributed by atoms with Crippen LogP contribution in [-0.2, 0) is 19.4 Å². The maximum atomic E-state index is 5.45. The van der Waals surface area contributed by atoms with Crippen molar-refractivity contribution in [2.45, 2.75) is 19.4 Å². The molecule has 0 fully saturated rings. The van der Waals surface area contributed by atoms with E-state index in [1.54, 1.807) is 14.2 Å². The lowest BCUT2D eigenvalue weighted by atomic mass is 10.1. The van der Waals surface area contributed by atoms with E-state index in [2.05, 4.69) is 27.7 Å². The average molecular weight is 324 g/mol. The van der Waals surface area contributed by atoms with E-state index < -0.39 is 0 Å². The normalized spacial score (nSPS) is 10.6. The van der Waals surface area contributed by atoms with E-state index in [0.29, 0.717) is 6.42 Å². The van der Waals surface area contributed by atoms with Crippen LogP contribution in [-0.4, -0.2) is 34.4 Å². The molecule has 0 aliphatic heterocycles. The van der Waals surface area contributed by atoms with Crippen LogP contribution in [0.3, 0.4) is 0 Å². The standard InChI is InChI=1S/C18H20N4O2/c1-23-16-9-8-15(17(13-16)24-2)12-18-19-20-21-22(18)11-10-14-6-4-3-5-7-14/h3-9,13H,10-12H2,1-2H3. The minimum Gasteiger partial charge on any atom is -0.497 e. The molecule has 0 aliphatic rings. The Morgan fingerprint density at radius 1 is 1.00 bits per heavy atom. The van der Waals surface area contributed by atoms with Gasteiger partial charge in [-0.05, 0) is 28.5 Å². The van der Waals surface area contributed by atoms with Gasteiger partial charge in [0.25, 0.3) is 0 Å². The zero-order valence-corrected chi connectivity index (χ0v) is 13.8. The van der Waals surface area contributed by atoms with Crippen molar-refractivity contribution in [2.75, 3.05) is 14.2 Å². The van der Waals surface area contributed by atoms with E-state index in [1.807, 2.05) is 41.1 Å². The van der Waals surface area contributed by atoms with Crippen molar-refractivity contribution < 1.29 is 9.47 Å². The van der Waals surface area contributed by atoms with Gasteiger partial charge in [-0.3, -0.25) is 0 Å². The molecule has 0 saturated heterocycles. The molecule has 1 aromatic heterocycles. The van der Waals surface area contributed by atoms with Crippen LogP contribution in [0.2, 0.25) is 0 Å². The van der Waals surface area contributed by atoms with Gasteiger partial charge in [0.2, 0.25) is 0 Å². The molecule has 6 heteroatoms. The summed E-state index contributed by atoms with van der Waals surface area (Å²) in [5, 5.41) is 12.1. The van der Waals surface area contributed by atoms with Crippen LogP contribution in [0.4, 0.5) is 0 Å². The summed E-state index contributed by atoms with van der Waals surface area (Å²) in [6, 6.07) is 16.1. The van der Waals surface area contributed by atoms with Gasteiger partial charge in [0.15, 0.2) is 5.82 Å². The van der Waals surface area contributed by atoms with Gasteiger partial charge in [0.05, 0.1) is 14.2 Å². The van der Waals surface area contributed by atoms with Crippen LogP contribution in [0.1, 0.15) is 17.0 Å².